The number of carboxylic acid groups (broad SMARTS) is 1. The van der Waals surface area contributed by atoms with E-state index >= 15 is 0 Å². The van der Waals surface area contributed by atoms with Crippen LogP contribution in [0.15, 0.2) is 57.8 Å². The number of benzene rings is 1. The van der Waals surface area contributed by atoms with Crippen molar-refractivity contribution in [3.63, 3.8) is 0 Å². The average Bonchev–Trinajstić information content (AvgIpc) is 3.25. The molecule has 0 atom stereocenters. The maximum absolute atomic E-state index is 12.0. The van der Waals surface area contributed by atoms with E-state index in [0.29, 0.717) is 12.1 Å². The van der Waals surface area contributed by atoms with Crippen molar-refractivity contribution in [3.05, 3.63) is 64.5 Å². The van der Waals surface area contributed by atoms with Gasteiger partial charge in [-0.2, -0.15) is 0 Å². The van der Waals surface area contributed by atoms with Crippen molar-refractivity contribution in [2.24, 2.45) is 0 Å². The minimum atomic E-state index is -1.04. The van der Waals surface area contributed by atoms with Gasteiger partial charge >= 0.3 is 5.97 Å². The molecule has 3 rings (SSSR count). The maximum Gasteiger partial charge on any atom is 0.338 e. The molecule has 2 N–H and O–H groups in total. The smallest absolute Gasteiger partial charge is 0.338 e. The van der Waals surface area contributed by atoms with Gasteiger partial charge in [0.2, 0.25) is 5.91 Å². The second-order valence-corrected chi connectivity index (χ2v) is 5.97. The molecular formula is C18H15NO4S. The third-order valence-corrected chi connectivity index (χ3v) is 4.31. The van der Waals surface area contributed by atoms with Crippen LogP contribution >= 0.6 is 11.3 Å². The summed E-state index contributed by atoms with van der Waals surface area (Å²) in [4.78, 5) is 23.0. The summed E-state index contributed by atoms with van der Waals surface area (Å²) >= 11 is 1.25. The number of rotatable bonds is 6. The van der Waals surface area contributed by atoms with Crippen molar-refractivity contribution in [2.45, 2.75) is 12.8 Å². The quantitative estimate of drug-likeness (QED) is 0.701. The standard InChI is InChI=1S/C18H15NO4S/c20-17(19-15-11-24-10-14(15)18(21)22)8-5-12-3-6-13(7-4-12)16-2-1-9-23-16/h1-4,6-7,9-11H,5,8H2,(H,19,20)(H,21,22). The third-order valence-electron chi connectivity index (χ3n) is 3.57. The zero-order valence-electron chi connectivity index (χ0n) is 12.7. The van der Waals surface area contributed by atoms with Crippen LogP contribution in [0.1, 0.15) is 22.3 Å². The van der Waals surface area contributed by atoms with Crippen LogP contribution in [0, 0.1) is 0 Å². The molecule has 1 aromatic carbocycles. The van der Waals surface area contributed by atoms with Gasteiger partial charge in [0.15, 0.2) is 0 Å². The molecule has 3 aromatic rings. The number of carbonyl (C=O) groups is 2. The summed E-state index contributed by atoms with van der Waals surface area (Å²) in [5.74, 6) is -0.441. The van der Waals surface area contributed by atoms with Crippen molar-refractivity contribution in [3.8, 4) is 11.3 Å². The number of hydrogen-bond acceptors (Lipinski definition) is 4. The third kappa shape index (κ3) is 3.72. The Bertz CT molecular complexity index is 834. The van der Waals surface area contributed by atoms with E-state index in [1.54, 1.807) is 11.6 Å². The van der Waals surface area contributed by atoms with Gasteiger partial charge in [-0.1, -0.05) is 24.3 Å². The van der Waals surface area contributed by atoms with Crippen LogP contribution in [0.5, 0.6) is 0 Å². The van der Waals surface area contributed by atoms with E-state index in [-0.39, 0.29) is 17.9 Å². The number of aromatic carboxylic acids is 1. The largest absolute Gasteiger partial charge is 0.478 e. The fourth-order valence-corrected chi connectivity index (χ4v) is 3.06. The highest BCUT2D eigenvalue weighted by Crippen LogP contribution is 2.22. The lowest BCUT2D eigenvalue weighted by Gasteiger charge is -2.05. The predicted octanol–water partition coefficient (Wildman–Crippen LogP) is 4.28. The Morgan fingerprint density at radius 1 is 1.12 bits per heavy atom. The van der Waals surface area contributed by atoms with Crippen molar-refractivity contribution in [1.82, 2.24) is 0 Å². The predicted molar refractivity (Wildman–Crippen MR) is 92.4 cm³/mol. The first-order valence-electron chi connectivity index (χ1n) is 7.35. The first-order chi connectivity index (χ1) is 11.6. The summed E-state index contributed by atoms with van der Waals surface area (Å²) in [6.45, 7) is 0. The average molecular weight is 341 g/mol. The van der Waals surface area contributed by atoms with Crippen LogP contribution in [-0.4, -0.2) is 17.0 Å². The van der Waals surface area contributed by atoms with E-state index in [0.717, 1.165) is 16.9 Å². The topological polar surface area (TPSA) is 79.5 Å². The van der Waals surface area contributed by atoms with Crippen LogP contribution in [0.2, 0.25) is 0 Å². The minimum Gasteiger partial charge on any atom is -0.478 e. The van der Waals surface area contributed by atoms with E-state index in [1.807, 2.05) is 36.4 Å². The Hall–Kier alpha value is -2.86. The molecule has 0 unspecified atom stereocenters. The molecule has 0 fully saturated rings. The van der Waals surface area contributed by atoms with Gasteiger partial charge < -0.3 is 14.8 Å². The zero-order chi connectivity index (χ0) is 16.9. The van der Waals surface area contributed by atoms with Crippen LogP contribution in [-0.2, 0) is 11.2 Å². The SMILES string of the molecule is O=C(CCc1ccc(-c2ccco2)cc1)Nc1cscc1C(=O)O. The number of aryl methyl sites for hydroxylation is 1. The summed E-state index contributed by atoms with van der Waals surface area (Å²) < 4.78 is 5.34. The number of carbonyl (C=O) groups excluding carboxylic acids is 1. The Labute approximate surface area is 142 Å². The van der Waals surface area contributed by atoms with Crippen molar-refractivity contribution >= 4 is 28.9 Å². The van der Waals surface area contributed by atoms with Crippen molar-refractivity contribution in [2.75, 3.05) is 5.32 Å². The molecule has 2 aromatic heterocycles. The summed E-state index contributed by atoms with van der Waals surface area (Å²) in [7, 11) is 0. The van der Waals surface area contributed by atoms with Crippen molar-refractivity contribution in [1.29, 1.82) is 0 Å². The number of amides is 1. The molecule has 6 heteroatoms. The van der Waals surface area contributed by atoms with Crippen LogP contribution < -0.4 is 5.32 Å². The minimum absolute atomic E-state index is 0.121. The number of anilines is 1. The normalized spacial score (nSPS) is 10.5. The van der Waals surface area contributed by atoms with E-state index in [2.05, 4.69) is 5.32 Å². The second-order valence-electron chi connectivity index (χ2n) is 5.23. The molecule has 0 bridgehead atoms. The fraction of sp³-hybridized carbons (Fsp3) is 0.111. The zero-order valence-corrected chi connectivity index (χ0v) is 13.5. The molecule has 0 spiro atoms. The molecular weight excluding hydrogens is 326 g/mol. The number of hydrogen-bond donors (Lipinski definition) is 2. The summed E-state index contributed by atoms with van der Waals surface area (Å²) in [5.41, 5.74) is 2.49. The second kappa shape index (κ2) is 7.14. The molecule has 24 heavy (non-hydrogen) atoms. The Morgan fingerprint density at radius 3 is 2.58 bits per heavy atom. The number of nitrogens with one attached hydrogen (secondary N) is 1. The molecule has 0 aliphatic heterocycles. The van der Waals surface area contributed by atoms with Crippen LogP contribution in [0.25, 0.3) is 11.3 Å². The molecule has 0 aliphatic carbocycles. The van der Waals surface area contributed by atoms with Gasteiger partial charge in [0, 0.05) is 22.7 Å². The van der Waals surface area contributed by atoms with Gasteiger partial charge in [-0.05, 0) is 24.1 Å². The molecule has 5 nitrogen and oxygen atoms in total. The molecule has 122 valence electrons. The molecule has 0 saturated heterocycles. The maximum atomic E-state index is 12.0. The molecule has 0 aliphatic rings. The fourth-order valence-electron chi connectivity index (χ4n) is 2.31. The van der Waals surface area contributed by atoms with Crippen LogP contribution in [0.4, 0.5) is 5.69 Å². The first-order valence-corrected chi connectivity index (χ1v) is 8.30. The molecule has 1 amide bonds. The van der Waals surface area contributed by atoms with Crippen LogP contribution in [0.3, 0.4) is 0 Å². The van der Waals surface area contributed by atoms with Gasteiger partial charge in [-0.3, -0.25) is 4.79 Å². The lowest BCUT2D eigenvalue weighted by Crippen LogP contribution is -2.14. The number of carboxylic acids is 1. The lowest BCUT2D eigenvalue weighted by molar-refractivity contribution is -0.116. The van der Waals surface area contributed by atoms with E-state index < -0.39 is 5.97 Å². The van der Waals surface area contributed by atoms with E-state index in [1.165, 1.54) is 16.7 Å². The van der Waals surface area contributed by atoms with Gasteiger partial charge in [0.05, 0.1) is 17.5 Å². The van der Waals surface area contributed by atoms with E-state index in [9.17, 15) is 9.59 Å². The highest BCUT2D eigenvalue weighted by Gasteiger charge is 2.13. The van der Waals surface area contributed by atoms with Gasteiger partial charge in [-0.15, -0.1) is 11.3 Å². The van der Waals surface area contributed by atoms with E-state index in [4.69, 9.17) is 9.52 Å². The Balaban J connectivity index is 1.56. The highest BCUT2D eigenvalue weighted by molar-refractivity contribution is 7.08. The monoisotopic (exact) mass is 341 g/mol. The molecule has 0 radical (unpaired) electrons. The Morgan fingerprint density at radius 2 is 1.92 bits per heavy atom. The highest BCUT2D eigenvalue weighted by atomic mass is 32.1. The van der Waals surface area contributed by atoms with Crippen molar-refractivity contribution < 1.29 is 19.1 Å². The molecule has 0 saturated carbocycles. The summed E-state index contributed by atoms with van der Waals surface area (Å²) in [6.07, 6.45) is 2.50. The Kier molecular flexibility index (Phi) is 4.77. The first kappa shape index (κ1) is 16.0. The molecule has 2 heterocycles. The van der Waals surface area contributed by atoms with Gasteiger partial charge in [0.25, 0.3) is 0 Å². The lowest BCUT2D eigenvalue weighted by atomic mass is 10.1. The summed E-state index contributed by atoms with van der Waals surface area (Å²) in [5, 5.41) is 14.8. The number of thiophene rings is 1. The van der Waals surface area contributed by atoms with Gasteiger partial charge in [0.1, 0.15) is 5.76 Å². The summed E-state index contributed by atoms with van der Waals surface area (Å²) in [6, 6.07) is 11.5. The van der Waals surface area contributed by atoms with Gasteiger partial charge in [-0.25, -0.2) is 4.79 Å². The number of furan rings is 1.